The number of Topliss-reactive ketones (excluding diaryl/α,β-unsaturated/α-hetero) is 1. The lowest BCUT2D eigenvalue weighted by Crippen LogP contribution is -2.52. The second-order valence-electron chi connectivity index (χ2n) is 8.32. The molecule has 1 amide bonds. The van der Waals surface area contributed by atoms with Crippen molar-refractivity contribution in [1.29, 1.82) is 0 Å². The van der Waals surface area contributed by atoms with Crippen molar-refractivity contribution in [3.05, 3.63) is 0 Å². The van der Waals surface area contributed by atoms with Crippen LogP contribution in [0.15, 0.2) is 0 Å². The zero-order chi connectivity index (χ0) is 17.8. The van der Waals surface area contributed by atoms with Crippen LogP contribution in [-0.4, -0.2) is 49.3 Å². The summed E-state index contributed by atoms with van der Waals surface area (Å²) in [5.41, 5.74) is -0.971. The molecule has 3 aliphatic rings. The van der Waals surface area contributed by atoms with E-state index in [9.17, 15) is 18.0 Å². The van der Waals surface area contributed by atoms with Gasteiger partial charge in [-0.1, -0.05) is 13.8 Å². The average Bonchev–Trinajstić information content (AvgIpc) is 2.80. The van der Waals surface area contributed by atoms with Crippen molar-refractivity contribution >= 4 is 21.7 Å². The Morgan fingerprint density at radius 1 is 1.33 bits per heavy atom. The molecule has 2 aliphatic carbocycles. The molecule has 3 rings (SSSR count). The normalized spacial score (nSPS) is 36.0. The van der Waals surface area contributed by atoms with Gasteiger partial charge in [0.05, 0.1) is 5.75 Å². The Labute approximate surface area is 144 Å². The van der Waals surface area contributed by atoms with Crippen LogP contribution in [0, 0.1) is 16.7 Å². The van der Waals surface area contributed by atoms with E-state index in [2.05, 4.69) is 19.2 Å². The van der Waals surface area contributed by atoms with Crippen molar-refractivity contribution in [2.24, 2.45) is 16.7 Å². The predicted octanol–water partition coefficient (Wildman–Crippen LogP) is 1.31. The average molecular weight is 356 g/mol. The Morgan fingerprint density at radius 3 is 2.58 bits per heavy atom. The van der Waals surface area contributed by atoms with Gasteiger partial charge in [0.15, 0.2) is 0 Å². The van der Waals surface area contributed by atoms with Crippen LogP contribution in [0.4, 0.5) is 0 Å². The van der Waals surface area contributed by atoms with Crippen LogP contribution in [0.1, 0.15) is 52.9 Å². The third-order valence-electron chi connectivity index (χ3n) is 6.75. The summed E-state index contributed by atoms with van der Waals surface area (Å²) in [6.45, 7) is 6.36. The molecule has 3 atom stereocenters. The van der Waals surface area contributed by atoms with Crippen LogP contribution in [-0.2, 0) is 19.6 Å². The summed E-state index contributed by atoms with van der Waals surface area (Å²) in [6, 6.07) is -0.132. The fraction of sp³-hybridized carbons (Fsp3) is 0.882. The number of sulfonamides is 1. The smallest absolute Gasteiger partial charge is 0.217 e. The van der Waals surface area contributed by atoms with Gasteiger partial charge >= 0.3 is 0 Å². The van der Waals surface area contributed by atoms with E-state index in [1.54, 1.807) is 0 Å². The van der Waals surface area contributed by atoms with E-state index in [1.165, 1.54) is 11.2 Å². The highest BCUT2D eigenvalue weighted by Gasteiger charge is 2.65. The number of rotatable bonds is 4. The van der Waals surface area contributed by atoms with Gasteiger partial charge in [-0.05, 0) is 37.0 Å². The number of amides is 1. The number of hydrogen-bond donors (Lipinski definition) is 1. The second kappa shape index (κ2) is 5.80. The number of carbonyl (C=O) groups excluding carboxylic acids is 2. The Kier molecular flexibility index (Phi) is 4.31. The van der Waals surface area contributed by atoms with Gasteiger partial charge in [-0.25, -0.2) is 8.42 Å². The first-order valence-electron chi connectivity index (χ1n) is 8.87. The maximum Gasteiger partial charge on any atom is 0.217 e. The van der Waals surface area contributed by atoms with E-state index in [0.29, 0.717) is 31.8 Å². The number of fused-ring (bicyclic) bond motifs is 2. The molecule has 1 heterocycles. The van der Waals surface area contributed by atoms with Gasteiger partial charge in [-0.3, -0.25) is 9.59 Å². The SMILES string of the molecule is CC(=O)N[C@H]1CCCN(S(=O)(=O)C[C@@]23CC[C@@H](CC2=O)C3(C)C)C1. The first-order valence-corrected chi connectivity index (χ1v) is 10.5. The standard InChI is InChI=1S/C17H28N2O4S/c1-12(20)18-14-5-4-8-19(10-14)24(22,23)11-17-7-6-13(9-15(17)21)16(17,2)3/h13-14H,4-11H2,1-3H3,(H,18,20)/t13-,14-,17-/m0/s1. The van der Waals surface area contributed by atoms with Crippen LogP contribution in [0.2, 0.25) is 0 Å². The van der Waals surface area contributed by atoms with E-state index in [1.807, 2.05) is 0 Å². The number of carbonyl (C=O) groups is 2. The van der Waals surface area contributed by atoms with Crippen molar-refractivity contribution in [3.63, 3.8) is 0 Å². The molecule has 0 aromatic heterocycles. The van der Waals surface area contributed by atoms with E-state index >= 15 is 0 Å². The van der Waals surface area contributed by atoms with Crippen LogP contribution in [0.5, 0.6) is 0 Å². The van der Waals surface area contributed by atoms with E-state index in [4.69, 9.17) is 0 Å². The first kappa shape index (κ1) is 17.9. The van der Waals surface area contributed by atoms with Crippen molar-refractivity contribution in [2.45, 2.75) is 58.9 Å². The maximum atomic E-state index is 13.0. The van der Waals surface area contributed by atoms with Crippen molar-refractivity contribution in [2.75, 3.05) is 18.8 Å². The lowest BCUT2D eigenvalue weighted by Gasteiger charge is -2.39. The molecule has 6 nitrogen and oxygen atoms in total. The van der Waals surface area contributed by atoms with Crippen LogP contribution < -0.4 is 5.32 Å². The lowest BCUT2D eigenvalue weighted by molar-refractivity contribution is -0.128. The molecular weight excluding hydrogens is 328 g/mol. The Morgan fingerprint density at radius 2 is 2.04 bits per heavy atom. The summed E-state index contributed by atoms with van der Waals surface area (Å²) in [5, 5.41) is 2.82. The molecule has 3 fully saturated rings. The van der Waals surface area contributed by atoms with Gasteiger partial charge in [0.25, 0.3) is 0 Å². The zero-order valence-corrected chi connectivity index (χ0v) is 15.6. The summed E-state index contributed by atoms with van der Waals surface area (Å²) >= 11 is 0. The molecule has 0 unspecified atom stereocenters. The lowest BCUT2D eigenvalue weighted by atomic mass is 9.70. The molecule has 1 aliphatic heterocycles. The third kappa shape index (κ3) is 2.69. The molecule has 1 N–H and O–H groups in total. The minimum atomic E-state index is -3.52. The molecule has 1 saturated heterocycles. The first-order chi connectivity index (χ1) is 11.1. The minimum absolute atomic E-state index is 0.0743. The Balaban J connectivity index is 1.79. The van der Waals surface area contributed by atoms with Gasteiger partial charge in [0, 0.05) is 37.9 Å². The Bertz CT molecular complexity index is 658. The largest absolute Gasteiger partial charge is 0.352 e. The Hall–Kier alpha value is -0.950. The van der Waals surface area contributed by atoms with E-state index in [0.717, 1.165) is 19.3 Å². The highest BCUT2D eigenvalue weighted by Crippen LogP contribution is 2.64. The molecule has 24 heavy (non-hydrogen) atoms. The molecule has 0 aromatic rings. The molecule has 7 heteroatoms. The van der Waals surface area contributed by atoms with Crippen LogP contribution in [0.3, 0.4) is 0 Å². The quantitative estimate of drug-likeness (QED) is 0.823. The van der Waals surface area contributed by atoms with E-state index < -0.39 is 15.4 Å². The minimum Gasteiger partial charge on any atom is -0.352 e. The van der Waals surface area contributed by atoms with Gasteiger partial charge in [-0.15, -0.1) is 0 Å². The molecule has 0 aromatic carbocycles. The molecule has 0 spiro atoms. The third-order valence-corrected chi connectivity index (χ3v) is 8.73. The van der Waals surface area contributed by atoms with Gasteiger partial charge in [-0.2, -0.15) is 4.31 Å². The summed E-state index contributed by atoms with van der Waals surface area (Å²) in [4.78, 5) is 23.9. The fourth-order valence-corrected chi connectivity index (χ4v) is 7.41. The number of nitrogens with zero attached hydrogens (tertiary/aromatic N) is 1. The number of ketones is 1. The van der Waals surface area contributed by atoms with Gasteiger partial charge < -0.3 is 5.32 Å². The summed E-state index contributed by atoms with van der Waals surface area (Å²) < 4.78 is 27.6. The fourth-order valence-electron chi connectivity index (χ4n) is 5.11. The van der Waals surface area contributed by atoms with E-state index in [-0.39, 0.29) is 28.9 Å². The highest BCUT2D eigenvalue weighted by molar-refractivity contribution is 7.89. The summed E-state index contributed by atoms with van der Waals surface area (Å²) in [6.07, 6.45) is 3.69. The molecule has 136 valence electrons. The van der Waals surface area contributed by atoms with Crippen molar-refractivity contribution in [1.82, 2.24) is 9.62 Å². The highest BCUT2D eigenvalue weighted by atomic mass is 32.2. The van der Waals surface area contributed by atoms with Crippen LogP contribution in [0.25, 0.3) is 0 Å². The van der Waals surface area contributed by atoms with Gasteiger partial charge in [0.2, 0.25) is 15.9 Å². The molecule has 2 bridgehead atoms. The maximum absolute atomic E-state index is 13.0. The zero-order valence-electron chi connectivity index (χ0n) is 14.8. The summed E-state index contributed by atoms with van der Waals surface area (Å²) in [5.74, 6) is 0.231. The topological polar surface area (TPSA) is 83.6 Å². The molecule has 2 saturated carbocycles. The summed E-state index contributed by atoms with van der Waals surface area (Å²) in [7, 11) is -3.52. The molecule has 0 radical (unpaired) electrons. The number of piperidine rings is 1. The van der Waals surface area contributed by atoms with Gasteiger partial charge in [0.1, 0.15) is 5.78 Å². The van der Waals surface area contributed by atoms with Crippen LogP contribution >= 0.6 is 0 Å². The van der Waals surface area contributed by atoms with Crippen molar-refractivity contribution in [3.8, 4) is 0 Å². The molecular formula is C17H28N2O4S. The number of nitrogens with one attached hydrogen (secondary N) is 1. The van der Waals surface area contributed by atoms with Crippen molar-refractivity contribution < 1.29 is 18.0 Å². The number of hydrogen-bond acceptors (Lipinski definition) is 4. The monoisotopic (exact) mass is 356 g/mol. The second-order valence-corrected chi connectivity index (χ2v) is 10.3. The predicted molar refractivity (Wildman–Crippen MR) is 90.8 cm³/mol.